The SMILES string of the molecule is COc1ccc(Nc2ncccc2[N+](=O)[O-])cc1S(=O)(=O)N1CCCCC1. The smallest absolute Gasteiger partial charge is 0.311 e. The molecule has 27 heavy (non-hydrogen) atoms. The summed E-state index contributed by atoms with van der Waals surface area (Å²) in [6, 6.07) is 7.31. The number of methoxy groups -OCH3 is 1. The molecule has 1 fully saturated rings. The monoisotopic (exact) mass is 392 g/mol. The van der Waals surface area contributed by atoms with E-state index >= 15 is 0 Å². The molecule has 1 saturated heterocycles. The second-order valence-electron chi connectivity index (χ2n) is 6.08. The Morgan fingerprint density at radius 1 is 1.22 bits per heavy atom. The minimum Gasteiger partial charge on any atom is -0.495 e. The lowest BCUT2D eigenvalue weighted by atomic mass is 10.2. The summed E-state index contributed by atoms with van der Waals surface area (Å²) in [7, 11) is -2.33. The molecule has 0 radical (unpaired) electrons. The van der Waals surface area contributed by atoms with Crippen molar-refractivity contribution in [1.82, 2.24) is 9.29 Å². The van der Waals surface area contributed by atoms with Gasteiger partial charge in [0.1, 0.15) is 10.6 Å². The fraction of sp³-hybridized carbons (Fsp3) is 0.353. The van der Waals surface area contributed by atoms with E-state index in [2.05, 4.69) is 10.3 Å². The van der Waals surface area contributed by atoms with E-state index < -0.39 is 14.9 Å². The number of nitro groups is 1. The summed E-state index contributed by atoms with van der Waals surface area (Å²) in [5.41, 5.74) is 0.168. The molecule has 0 aliphatic carbocycles. The summed E-state index contributed by atoms with van der Waals surface area (Å²) in [6.45, 7) is 0.934. The molecule has 0 atom stereocenters. The van der Waals surface area contributed by atoms with Gasteiger partial charge in [-0.15, -0.1) is 0 Å². The van der Waals surface area contributed by atoms with Crippen molar-refractivity contribution < 1.29 is 18.1 Å². The molecule has 0 spiro atoms. The molecule has 144 valence electrons. The molecule has 10 heteroatoms. The number of piperidine rings is 1. The zero-order chi connectivity index (χ0) is 19.4. The summed E-state index contributed by atoms with van der Waals surface area (Å²) in [4.78, 5) is 14.6. The number of nitrogens with zero attached hydrogens (tertiary/aromatic N) is 3. The van der Waals surface area contributed by atoms with Gasteiger partial charge in [0.25, 0.3) is 0 Å². The number of sulfonamides is 1. The van der Waals surface area contributed by atoms with E-state index in [1.807, 2.05) is 0 Å². The standard InChI is InChI=1S/C17H20N4O5S/c1-26-15-8-7-13(19-17-14(21(22)23)6-5-9-18-17)12-16(15)27(24,25)20-10-3-2-4-11-20/h5-9,12H,2-4,10-11H2,1H3,(H,18,19). The molecule has 3 rings (SSSR count). The highest BCUT2D eigenvalue weighted by Crippen LogP contribution is 2.33. The Bertz CT molecular complexity index is 942. The first kappa shape index (κ1) is 19.1. The quantitative estimate of drug-likeness (QED) is 0.594. The van der Waals surface area contributed by atoms with Crippen LogP contribution in [0.2, 0.25) is 0 Å². The fourth-order valence-corrected chi connectivity index (χ4v) is 4.68. The molecule has 0 saturated carbocycles. The zero-order valence-corrected chi connectivity index (χ0v) is 15.6. The minimum atomic E-state index is -3.73. The van der Waals surface area contributed by atoms with Crippen molar-refractivity contribution in [2.24, 2.45) is 0 Å². The first-order valence-electron chi connectivity index (χ1n) is 8.48. The molecular weight excluding hydrogens is 372 g/mol. The zero-order valence-electron chi connectivity index (χ0n) is 14.8. The lowest BCUT2D eigenvalue weighted by Gasteiger charge is -2.26. The summed E-state index contributed by atoms with van der Waals surface area (Å²) in [5.74, 6) is 0.260. The second-order valence-corrected chi connectivity index (χ2v) is 7.99. The fourth-order valence-electron chi connectivity index (χ4n) is 2.98. The largest absolute Gasteiger partial charge is 0.495 e. The Morgan fingerprint density at radius 3 is 2.63 bits per heavy atom. The van der Waals surface area contributed by atoms with E-state index in [1.54, 1.807) is 6.07 Å². The van der Waals surface area contributed by atoms with E-state index in [9.17, 15) is 18.5 Å². The Kier molecular flexibility index (Phi) is 5.57. The van der Waals surface area contributed by atoms with E-state index in [-0.39, 0.29) is 22.2 Å². The molecule has 1 aliphatic heterocycles. The van der Waals surface area contributed by atoms with Crippen molar-refractivity contribution in [2.45, 2.75) is 24.2 Å². The lowest BCUT2D eigenvalue weighted by molar-refractivity contribution is -0.384. The van der Waals surface area contributed by atoms with E-state index in [0.29, 0.717) is 18.8 Å². The van der Waals surface area contributed by atoms with Crippen LogP contribution < -0.4 is 10.1 Å². The average Bonchev–Trinajstić information content (AvgIpc) is 2.69. The first-order valence-corrected chi connectivity index (χ1v) is 9.92. The van der Waals surface area contributed by atoms with Crippen LogP contribution in [-0.4, -0.2) is 42.8 Å². The van der Waals surface area contributed by atoms with E-state index in [4.69, 9.17) is 4.74 Å². The highest BCUT2D eigenvalue weighted by Gasteiger charge is 2.29. The Hall–Kier alpha value is -2.72. The number of pyridine rings is 1. The molecule has 0 amide bonds. The molecule has 2 heterocycles. The second kappa shape index (κ2) is 7.89. The highest BCUT2D eigenvalue weighted by atomic mass is 32.2. The highest BCUT2D eigenvalue weighted by molar-refractivity contribution is 7.89. The van der Waals surface area contributed by atoms with Gasteiger partial charge in [0.15, 0.2) is 0 Å². The van der Waals surface area contributed by atoms with Crippen LogP contribution in [0.3, 0.4) is 0 Å². The summed E-state index contributed by atoms with van der Waals surface area (Å²) in [6.07, 6.45) is 4.07. The van der Waals surface area contributed by atoms with Crippen LogP contribution in [-0.2, 0) is 10.0 Å². The maximum atomic E-state index is 13.0. The molecule has 2 aromatic rings. The van der Waals surface area contributed by atoms with Gasteiger partial charge in [0.2, 0.25) is 15.8 Å². The third-order valence-electron chi connectivity index (χ3n) is 4.34. The van der Waals surface area contributed by atoms with Crippen LogP contribution in [0.25, 0.3) is 0 Å². The van der Waals surface area contributed by atoms with Crippen LogP contribution in [0.4, 0.5) is 17.2 Å². The van der Waals surface area contributed by atoms with Crippen LogP contribution in [0, 0.1) is 10.1 Å². The number of hydrogen-bond donors (Lipinski definition) is 1. The number of rotatable bonds is 6. The number of aromatic nitrogens is 1. The van der Waals surface area contributed by atoms with Crippen LogP contribution in [0.1, 0.15) is 19.3 Å². The number of nitrogens with one attached hydrogen (secondary N) is 1. The molecule has 1 aromatic heterocycles. The van der Waals surface area contributed by atoms with Crippen molar-refractivity contribution >= 4 is 27.2 Å². The van der Waals surface area contributed by atoms with Crippen molar-refractivity contribution in [3.05, 3.63) is 46.6 Å². The van der Waals surface area contributed by atoms with Crippen LogP contribution >= 0.6 is 0 Å². The van der Waals surface area contributed by atoms with Crippen molar-refractivity contribution in [3.8, 4) is 5.75 Å². The molecule has 1 N–H and O–H groups in total. The van der Waals surface area contributed by atoms with Gasteiger partial charge in [-0.25, -0.2) is 13.4 Å². The molecule has 9 nitrogen and oxygen atoms in total. The van der Waals surface area contributed by atoms with Crippen molar-refractivity contribution in [3.63, 3.8) is 0 Å². The Labute approximate surface area is 157 Å². The predicted octanol–water partition coefficient (Wildman–Crippen LogP) is 2.92. The van der Waals surface area contributed by atoms with Gasteiger partial charge in [-0.3, -0.25) is 10.1 Å². The van der Waals surface area contributed by atoms with Gasteiger partial charge in [0, 0.05) is 31.0 Å². The normalized spacial score (nSPS) is 15.3. The van der Waals surface area contributed by atoms with E-state index in [1.165, 1.54) is 41.9 Å². The lowest BCUT2D eigenvalue weighted by Crippen LogP contribution is -2.35. The number of hydrogen-bond acceptors (Lipinski definition) is 7. The maximum absolute atomic E-state index is 13.0. The van der Waals surface area contributed by atoms with Crippen LogP contribution in [0.5, 0.6) is 5.75 Å². The number of ether oxygens (including phenoxy) is 1. The average molecular weight is 392 g/mol. The van der Waals surface area contributed by atoms with Crippen LogP contribution in [0.15, 0.2) is 41.4 Å². The predicted molar refractivity (Wildman–Crippen MR) is 99.8 cm³/mol. The van der Waals surface area contributed by atoms with E-state index in [0.717, 1.165) is 19.3 Å². The summed E-state index contributed by atoms with van der Waals surface area (Å²) >= 11 is 0. The number of anilines is 2. The van der Waals surface area contributed by atoms with Crippen molar-refractivity contribution in [1.29, 1.82) is 0 Å². The molecule has 1 aromatic carbocycles. The van der Waals surface area contributed by atoms with Crippen molar-refractivity contribution in [2.75, 3.05) is 25.5 Å². The van der Waals surface area contributed by atoms with Gasteiger partial charge in [-0.1, -0.05) is 6.42 Å². The Morgan fingerprint density at radius 2 is 1.96 bits per heavy atom. The summed E-state index contributed by atoms with van der Waals surface area (Å²) in [5, 5.41) is 14.0. The minimum absolute atomic E-state index is 0.0236. The molecule has 0 bridgehead atoms. The molecular formula is C17H20N4O5S. The van der Waals surface area contributed by atoms with Gasteiger partial charge < -0.3 is 10.1 Å². The van der Waals surface area contributed by atoms with Gasteiger partial charge in [-0.2, -0.15) is 4.31 Å². The third kappa shape index (κ3) is 4.01. The first-order chi connectivity index (χ1) is 12.9. The topological polar surface area (TPSA) is 115 Å². The maximum Gasteiger partial charge on any atom is 0.311 e. The van der Waals surface area contributed by atoms with Gasteiger partial charge in [-0.05, 0) is 37.1 Å². The van der Waals surface area contributed by atoms with Gasteiger partial charge >= 0.3 is 5.69 Å². The Balaban J connectivity index is 1.98. The summed E-state index contributed by atoms with van der Waals surface area (Å²) < 4.78 is 32.8. The molecule has 1 aliphatic rings. The molecule has 0 unspecified atom stereocenters. The number of benzene rings is 1. The van der Waals surface area contributed by atoms with Gasteiger partial charge in [0.05, 0.1) is 12.0 Å². The third-order valence-corrected chi connectivity index (χ3v) is 6.26.